The summed E-state index contributed by atoms with van der Waals surface area (Å²) in [6.07, 6.45) is 3.63. The van der Waals surface area contributed by atoms with Crippen LogP contribution in [0.3, 0.4) is 0 Å². The van der Waals surface area contributed by atoms with Gasteiger partial charge in [0.15, 0.2) is 0 Å². The van der Waals surface area contributed by atoms with Crippen LogP contribution in [0.15, 0.2) is 53.6 Å². The number of benzene rings is 1. The molecule has 1 amide bonds. The number of para-hydroxylation sites is 1. The number of carbonyl (C=O) groups is 2. The van der Waals surface area contributed by atoms with E-state index in [2.05, 4.69) is 0 Å². The maximum Gasteiger partial charge on any atom is 0.323 e. The SMILES string of the molecule is O=C(O)CN1C(=O)/C(=C\c2cccn2-c2ccccc2)SC1=S. The molecule has 116 valence electrons. The van der Waals surface area contributed by atoms with Gasteiger partial charge < -0.3 is 9.67 Å². The molecular weight excluding hydrogens is 332 g/mol. The first kappa shape index (κ1) is 15.5. The van der Waals surface area contributed by atoms with E-state index in [0.717, 1.165) is 28.0 Å². The lowest BCUT2D eigenvalue weighted by Crippen LogP contribution is -2.33. The normalized spacial score (nSPS) is 16.3. The average Bonchev–Trinajstić information content (AvgIpc) is 3.09. The second kappa shape index (κ2) is 6.39. The predicted octanol–water partition coefficient (Wildman–Crippen LogP) is 2.76. The fourth-order valence-corrected chi connectivity index (χ4v) is 3.48. The molecule has 1 fully saturated rings. The molecule has 1 aromatic carbocycles. The van der Waals surface area contributed by atoms with Crippen LogP contribution in [0, 0.1) is 0 Å². The van der Waals surface area contributed by atoms with E-state index in [1.54, 1.807) is 6.08 Å². The van der Waals surface area contributed by atoms with Crippen LogP contribution in [0.1, 0.15) is 5.69 Å². The van der Waals surface area contributed by atoms with Crippen LogP contribution < -0.4 is 0 Å². The molecule has 2 aromatic rings. The lowest BCUT2D eigenvalue weighted by Gasteiger charge is -2.10. The first-order chi connectivity index (χ1) is 11.1. The summed E-state index contributed by atoms with van der Waals surface area (Å²) in [5, 5.41) is 8.86. The van der Waals surface area contributed by atoms with Gasteiger partial charge in [0.1, 0.15) is 10.9 Å². The van der Waals surface area contributed by atoms with Crippen molar-refractivity contribution in [1.29, 1.82) is 0 Å². The van der Waals surface area contributed by atoms with E-state index in [4.69, 9.17) is 17.3 Å². The maximum absolute atomic E-state index is 12.3. The Morgan fingerprint density at radius 1 is 1.22 bits per heavy atom. The monoisotopic (exact) mass is 344 g/mol. The summed E-state index contributed by atoms with van der Waals surface area (Å²) in [6.45, 7) is -0.415. The molecule has 7 heteroatoms. The Balaban J connectivity index is 1.92. The van der Waals surface area contributed by atoms with Gasteiger partial charge in [0.05, 0.1) is 4.91 Å². The molecule has 23 heavy (non-hydrogen) atoms. The molecular formula is C16H12N2O3S2. The summed E-state index contributed by atoms with van der Waals surface area (Å²) in [4.78, 5) is 24.6. The molecule has 1 N–H and O–H groups in total. The second-order valence-electron chi connectivity index (χ2n) is 4.80. The van der Waals surface area contributed by atoms with Crippen LogP contribution in [-0.2, 0) is 9.59 Å². The fraction of sp³-hybridized carbons (Fsp3) is 0.0625. The van der Waals surface area contributed by atoms with Gasteiger partial charge in [0.25, 0.3) is 5.91 Å². The standard InChI is InChI=1S/C16H12N2O3S2/c19-14(20)10-18-15(21)13(23-16(18)22)9-12-7-4-8-17(12)11-5-2-1-3-6-11/h1-9H,10H2,(H,19,20)/b13-9+. The van der Waals surface area contributed by atoms with E-state index in [1.807, 2.05) is 53.2 Å². The Bertz CT molecular complexity index is 812. The van der Waals surface area contributed by atoms with Gasteiger partial charge in [-0.2, -0.15) is 0 Å². The number of carboxylic acid groups (broad SMARTS) is 1. The zero-order valence-electron chi connectivity index (χ0n) is 11.9. The van der Waals surface area contributed by atoms with Gasteiger partial charge in [0, 0.05) is 17.6 Å². The van der Waals surface area contributed by atoms with Crippen molar-refractivity contribution in [1.82, 2.24) is 9.47 Å². The van der Waals surface area contributed by atoms with Gasteiger partial charge in [-0.25, -0.2) is 0 Å². The Labute approximate surface area is 142 Å². The summed E-state index contributed by atoms with van der Waals surface area (Å²) < 4.78 is 2.21. The summed E-state index contributed by atoms with van der Waals surface area (Å²) in [5.41, 5.74) is 1.80. The van der Waals surface area contributed by atoms with E-state index >= 15 is 0 Å². The largest absolute Gasteiger partial charge is 0.480 e. The third-order valence-corrected chi connectivity index (χ3v) is 4.64. The third-order valence-electron chi connectivity index (χ3n) is 3.26. The Hall–Kier alpha value is -2.38. The molecule has 2 heterocycles. The zero-order chi connectivity index (χ0) is 16.4. The van der Waals surface area contributed by atoms with Crippen molar-refractivity contribution in [2.24, 2.45) is 0 Å². The number of thioether (sulfide) groups is 1. The van der Waals surface area contributed by atoms with Crippen LogP contribution >= 0.6 is 24.0 Å². The van der Waals surface area contributed by atoms with Gasteiger partial charge >= 0.3 is 5.97 Å². The highest BCUT2D eigenvalue weighted by molar-refractivity contribution is 8.26. The number of hydrogen-bond donors (Lipinski definition) is 1. The fourth-order valence-electron chi connectivity index (χ4n) is 2.24. The smallest absolute Gasteiger partial charge is 0.323 e. The van der Waals surface area contributed by atoms with E-state index < -0.39 is 12.5 Å². The zero-order valence-corrected chi connectivity index (χ0v) is 13.5. The highest BCUT2D eigenvalue weighted by atomic mass is 32.2. The number of thiocarbonyl (C=S) groups is 1. The van der Waals surface area contributed by atoms with Crippen LogP contribution in [0.5, 0.6) is 0 Å². The summed E-state index contributed by atoms with van der Waals surface area (Å²) >= 11 is 6.21. The van der Waals surface area contributed by atoms with Crippen LogP contribution in [0.25, 0.3) is 11.8 Å². The topological polar surface area (TPSA) is 62.5 Å². The van der Waals surface area contributed by atoms with Crippen molar-refractivity contribution in [2.45, 2.75) is 0 Å². The molecule has 1 aromatic heterocycles. The molecule has 0 spiro atoms. The van der Waals surface area contributed by atoms with Crippen molar-refractivity contribution in [3.05, 3.63) is 59.3 Å². The Morgan fingerprint density at radius 3 is 2.65 bits per heavy atom. The number of aliphatic carboxylic acids is 1. The molecule has 0 unspecified atom stereocenters. The summed E-state index contributed by atoms with van der Waals surface area (Å²) in [7, 11) is 0. The van der Waals surface area contributed by atoms with Gasteiger partial charge in [-0.3, -0.25) is 14.5 Å². The molecule has 1 aliphatic rings. The Kier molecular flexibility index (Phi) is 4.31. The molecule has 0 aliphatic carbocycles. The molecule has 0 saturated carbocycles. The molecule has 0 bridgehead atoms. The first-order valence-electron chi connectivity index (χ1n) is 6.76. The van der Waals surface area contributed by atoms with E-state index in [9.17, 15) is 9.59 Å². The van der Waals surface area contributed by atoms with E-state index in [0.29, 0.717) is 4.91 Å². The van der Waals surface area contributed by atoms with Crippen molar-refractivity contribution in [3.8, 4) is 5.69 Å². The third kappa shape index (κ3) is 3.20. The van der Waals surface area contributed by atoms with E-state index in [-0.39, 0.29) is 10.2 Å². The molecule has 1 saturated heterocycles. The lowest BCUT2D eigenvalue weighted by atomic mass is 10.3. The first-order valence-corrected chi connectivity index (χ1v) is 7.98. The number of carbonyl (C=O) groups excluding carboxylic acids is 1. The van der Waals surface area contributed by atoms with Crippen LogP contribution in [0.2, 0.25) is 0 Å². The highest BCUT2D eigenvalue weighted by Gasteiger charge is 2.33. The van der Waals surface area contributed by atoms with Crippen LogP contribution in [0.4, 0.5) is 0 Å². The van der Waals surface area contributed by atoms with E-state index in [1.165, 1.54) is 0 Å². The number of rotatable bonds is 4. The summed E-state index contributed by atoms with van der Waals surface area (Å²) in [6, 6.07) is 13.5. The van der Waals surface area contributed by atoms with Crippen molar-refractivity contribution < 1.29 is 14.7 Å². The molecule has 0 radical (unpaired) electrons. The Morgan fingerprint density at radius 2 is 1.96 bits per heavy atom. The molecule has 5 nitrogen and oxygen atoms in total. The predicted molar refractivity (Wildman–Crippen MR) is 93.3 cm³/mol. The number of hydrogen-bond acceptors (Lipinski definition) is 4. The molecule has 0 atom stereocenters. The number of aromatic nitrogens is 1. The molecule has 1 aliphatic heterocycles. The average molecular weight is 344 g/mol. The maximum atomic E-state index is 12.3. The minimum atomic E-state index is -1.09. The molecule has 3 rings (SSSR count). The summed E-state index contributed by atoms with van der Waals surface area (Å²) in [5.74, 6) is -1.46. The van der Waals surface area contributed by atoms with Crippen molar-refractivity contribution in [2.75, 3.05) is 6.54 Å². The number of amides is 1. The minimum Gasteiger partial charge on any atom is -0.480 e. The van der Waals surface area contributed by atoms with Gasteiger partial charge in [0.2, 0.25) is 0 Å². The van der Waals surface area contributed by atoms with Crippen molar-refractivity contribution >= 4 is 46.3 Å². The van der Waals surface area contributed by atoms with Crippen molar-refractivity contribution in [3.63, 3.8) is 0 Å². The highest BCUT2D eigenvalue weighted by Crippen LogP contribution is 2.32. The number of nitrogens with zero attached hydrogens (tertiary/aromatic N) is 2. The minimum absolute atomic E-state index is 0.265. The lowest BCUT2D eigenvalue weighted by molar-refractivity contribution is -0.140. The van der Waals surface area contributed by atoms with Crippen LogP contribution in [-0.4, -0.2) is 37.3 Å². The second-order valence-corrected chi connectivity index (χ2v) is 6.48. The quantitative estimate of drug-likeness (QED) is 0.683. The van der Waals surface area contributed by atoms with Gasteiger partial charge in [-0.1, -0.05) is 42.2 Å². The van der Waals surface area contributed by atoms with Gasteiger partial charge in [-0.15, -0.1) is 0 Å². The number of carboxylic acids is 1. The van der Waals surface area contributed by atoms with Gasteiger partial charge in [-0.05, 0) is 30.3 Å².